The summed E-state index contributed by atoms with van der Waals surface area (Å²) in [6.45, 7) is 5.77. The summed E-state index contributed by atoms with van der Waals surface area (Å²) in [4.78, 5) is 14.7. The Balaban J connectivity index is 1.27. The molecular weight excluding hydrogens is 376 g/mol. The van der Waals surface area contributed by atoms with E-state index in [9.17, 15) is 4.79 Å². The van der Waals surface area contributed by atoms with Crippen molar-refractivity contribution in [2.24, 2.45) is 5.92 Å². The highest BCUT2D eigenvalue weighted by molar-refractivity contribution is 5.94. The minimum Gasteiger partial charge on any atom is -0.497 e. The van der Waals surface area contributed by atoms with Crippen molar-refractivity contribution in [2.75, 3.05) is 38.6 Å². The fourth-order valence-corrected chi connectivity index (χ4v) is 4.15. The van der Waals surface area contributed by atoms with Crippen molar-refractivity contribution in [3.05, 3.63) is 59.7 Å². The van der Waals surface area contributed by atoms with E-state index in [0.29, 0.717) is 5.92 Å². The van der Waals surface area contributed by atoms with E-state index in [-0.39, 0.29) is 12.2 Å². The van der Waals surface area contributed by atoms with Crippen LogP contribution in [0.25, 0.3) is 0 Å². The van der Waals surface area contributed by atoms with E-state index in [2.05, 4.69) is 35.0 Å². The van der Waals surface area contributed by atoms with Crippen LogP contribution in [0.1, 0.15) is 41.6 Å². The van der Waals surface area contributed by atoms with Gasteiger partial charge in [-0.05, 0) is 60.7 Å². The molecule has 0 radical (unpaired) electrons. The van der Waals surface area contributed by atoms with Crippen molar-refractivity contribution >= 4 is 11.6 Å². The summed E-state index contributed by atoms with van der Waals surface area (Å²) in [5.41, 5.74) is 3.05. The number of methoxy groups -OCH3 is 1. The summed E-state index contributed by atoms with van der Waals surface area (Å²) < 4.78 is 5.24. The van der Waals surface area contributed by atoms with Crippen LogP contribution in [0.3, 0.4) is 0 Å². The Morgan fingerprint density at radius 3 is 2.23 bits per heavy atom. The Morgan fingerprint density at radius 2 is 1.63 bits per heavy atom. The third kappa shape index (κ3) is 4.94. The molecule has 0 aromatic heterocycles. The first kappa shape index (κ1) is 20.7. The fourth-order valence-electron chi connectivity index (χ4n) is 4.15. The summed E-state index contributed by atoms with van der Waals surface area (Å²) in [6.07, 6.45) is 2.20. The van der Waals surface area contributed by atoms with Gasteiger partial charge in [0.15, 0.2) is 0 Å². The van der Waals surface area contributed by atoms with Gasteiger partial charge in [0.2, 0.25) is 0 Å². The molecular formula is C24H32N4O2. The Labute approximate surface area is 179 Å². The van der Waals surface area contributed by atoms with Gasteiger partial charge in [0.05, 0.1) is 7.11 Å². The molecule has 0 spiro atoms. The number of hydrogen-bond donors (Lipinski definition) is 3. The number of amides is 1. The van der Waals surface area contributed by atoms with Crippen LogP contribution in [0.15, 0.2) is 48.5 Å². The number of benzene rings is 2. The van der Waals surface area contributed by atoms with Gasteiger partial charge in [-0.25, -0.2) is 0 Å². The first-order chi connectivity index (χ1) is 14.6. The number of nitrogens with zero attached hydrogens (tertiary/aromatic N) is 1. The summed E-state index contributed by atoms with van der Waals surface area (Å²) in [5.74, 6) is 2.16. The van der Waals surface area contributed by atoms with Crippen molar-refractivity contribution in [3.8, 4) is 5.75 Å². The van der Waals surface area contributed by atoms with E-state index in [1.165, 1.54) is 5.56 Å². The SMILES string of the molecule is COc1ccc(C2CNC(Nc3ccc(C(=O)N4CCC(C)CC4)cc3)NC2)cc1. The lowest BCUT2D eigenvalue weighted by molar-refractivity contribution is 0.0697. The molecule has 0 atom stereocenters. The van der Waals surface area contributed by atoms with Gasteiger partial charge in [0.25, 0.3) is 5.91 Å². The first-order valence-electron chi connectivity index (χ1n) is 10.9. The minimum atomic E-state index is 0.00429. The van der Waals surface area contributed by atoms with Crippen molar-refractivity contribution in [1.29, 1.82) is 0 Å². The maximum absolute atomic E-state index is 12.7. The third-order valence-corrected chi connectivity index (χ3v) is 6.24. The summed E-state index contributed by atoms with van der Waals surface area (Å²) in [5, 5.41) is 10.5. The molecule has 2 aliphatic rings. The van der Waals surface area contributed by atoms with Crippen molar-refractivity contribution in [3.63, 3.8) is 0 Å². The molecule has 1 amide bonds. The maximum atomic E-state index is 12.7. The van der Waals surface area contributed by atoms with Crippen LogP contribution in [0, 0.1) is 5.92 Å². The second kappa shape index (κ2) is 9.49. The molecule has 2 aromatic rings. The van der Waals surface area contributed by atoms with E-state index in [4.69, 9.17) is 4.74 Å². The number of anilines is 1. The van der Waals surface area contributed by atoms with Gasteiger partial charge in [0.1, 0.15) is 12.0 Å². The van der Waals surface area contributed by atoms with Gasteiger partial charge in [-0.1, -0.05) is 19.1 Å². The van der Waals surface area contributed by atoms with Crippen LogP contribution in [-0.4, -0.2) is 50.4 Å². The summed E-state index contributed by atoms with van der Waals surface area (Å²) in [7, 11) is 1.69. The highest BCUT2D eigenvalue weighted by atomic mass is 16.5. The van der Waals surface area contributed by atoms with Crippen molar-refractivity contribution in [1.82, 2.24) is 15.5 Å². The monoisotopic (exact) mass is 408 g/mol. The van der Waals surface area contributed by atoms with Crippen LogP contribution in [0.4, 0.5) is 5.69 Å². The molecule has 30 heavy (non-hydrogen) atoms. The minimum absolute atomic E-state index is 0.00429. The highest BCUT2D eigenvalue weighted by Crippen LogP contribution is 2.22. The molecule has 2 saturated heterocycles. The first-order valence-corrected chi connectivity index (χ1v) is 10.9. The van der Waals surface area contributed by atoms with Crippen LogP contribution >= 0.6 is 0 Å². The molecule has 2 aromatic carbocycles. The second-order valence-corrected chi connectivity index (χ2v) is 8.42. The van der Waals surface area contributed by atoms with Gasteiger partial charge in [-0.2, -0.15) is 0 Å². The topological polar surface area (TPSA) is 65.6 Å². The lowest BCUT2D eigenvalue weighted by Gasteiger charge is -2.32. The number of hydrogen-bond acceptors (Lipinski definition) is 5. The van der Waals surface area contributed by atoms with Crippen LogP contribution in [-0.2, 0) is 0 Å². The number of nitrogens with one attached hydrogen (secondary N) is 3. The van der Waals surface area contributed by atoms with E-state index in [0.717, 1.165) is 61.9 Å². The number of carbonyl (C=O) groups excluding carboxylic acids is 1. The van der Waals surface area contributed by atoms with E-state index < -0.39 is 0 Å². The Kier molecular flexibility index (Phi) is 6.55. The lowest BCUT2D eigenvalue weighted by atomic mass is 9.97. The van der Waals surface area contributed by atoms with Gasteiger partial charge in [-0.3, -0.25) is 15.4 Å². The molecule has 6 heteroatoms. The molecule has 4 rings (SSSR count). The van der Waals surface area contributed by atoms with Gasteiger partial charge in [-0.15, -0.1) is 0 Å². The van der Waals surface area contributed by atoms with Crippen molar-refractivity contribution < 1.29 is 9.53 Å². The van der Waals surface area contributed by atoms with Crippen molar-refractivity contribution in [2.45, 2.75) is 32.0 Å². The zero-order valence-corrected chi connectivity index (χ0v) is 17.9. The average molecular weight is 409 g/mol. The maximum Gasteiger partial charge on any atom is 0.253 e. The third-order valence-electron chi connectivity index (χ3n) is 6.24. The molecule has 2 aliphatic heterocycles. The van der Waals surface area contributed by atoms with Gasteiger partial charge >= 0.3 is 0 Å². The molecule has 0 saturated carbocycles. The molecule has 160 valence electrons. The molecule has 3 N–H and O–H groups in total. The number of piperidine rings is 1. The zero-order chi connectivity index (χ0) is 20.9. The highest BCUT2D eigenvalue weighted by Gasteiger charge is 2.23. The van der Waals surface area contributed by atoms with E-state index >= 15 is 0 Å². The summed E-state index contributed by atoms with van der Waals surface area (Å²) in [6, 6.07) is 16.1. The zero-order valence-electron chi connectivity index (χ0n) is 17.9. The second-order valence-electron chi connectivity index (χ2n) is 8.42. The average Bonchev–Trinajstić information content (AvgIpc) is 2.80. The fraction of sp³-hybridized carbons (Fsp3) is 0.458. The van der Waals surface area contributed by atoms with Gasteiger partial charge < -0.3 is 15.0 Å². The number of rotatable bonds is 5. The molecule has 2 fully saturated rings. The van der Waals surface area contributed by atoms with Crippen LogP contribution in [0.5, 0.6) is 5.75 Å². The normalized spacial score (nSPS) is 22.5. The lowest BCUT2D eigenvalue weighted by Crippen LogP contribution is -2.55. The quantitative estimate of drug-likeness (QED) is 0.709. The standard InChI is InChI=1S/C24H32N4O2/c1-17-11-13-28(14-12-17)23(29)19-3-7-21(8-4-19)27-24-25-15-20(16-26-24)18-5-9-22(30-2)10-6-18/h3-10,17,20,24-27H,11-16H2,1-2H3. The summed E-state index contributed by atoms with van der Waals surface area (Å²) >= 11 is 0. The van der Waals surface area contributed by atoms with Crippen LogP contribution in [0.2, 0.25) is 0 Å². The molecule has 2 heterocycles. The molecule has 0 aliphatic carbocycles. The predicted octanol–water partition coefficient (Wildman–Crippen LogP) is 3.24. The number of carbonyl (C=O) groups is 1. The van der Waals surface area contributed by atoms with E-state index in [1.807, 2.05) is 41.3 Å². The van der Waals surface area contributed by atoms with Gasteiger partial charge in [0, 0.05) is 43.3 Å². The number of ether oxygens (including phenoxy) is 1. The molecule has 0 bridgehead atoms. The van der Waals surface area contributed by atoms with Crippen LogP contribution < -0.4 is 20.7 Å². The molecule has 6 nitrogen and oxygen atoms in total. The van der Waals surface area contributed by atoms with E-state index in [1.54, 1.807) is 7.11 Å². The Bertz CT molecular complexity index is 821. The Morgan fingerprint density at radius 1 is 1.00 bits per heavy atom. The predicted molar refractivity (Wildman–Crippen MR) is 120 cm³/mol. The molecule has 0 unspecified atom stereocenters. The largest absolute Gasteiger partial charge is 0.497 e. The number of likely N-dealkylation sites (tertiary alicyclic amines) is 1. The smallest absolute Gasteiger partial charge is 0.253 e. The Hall–Kier alpha value is -2.57.